The predicted octanol–water partition coefficient (Wildman–Crippen LogP) is 2.22. The van der Waals surface area contributed by atoms with Gasteiger partial charge in [-0.25, -0.2) is 8.78 Å². The second-order valence-electron chi connectivity index (χ2n) is 2.52. The average Bonchev–Trinajstić information content (AvgIpc) is 2.16. The molecule has 0 aromatic carbocycles. The zero-order chi connectivity index (χ0) is 10.7. The lowest BCUT2D eigenvalue weighted by Gasteiger charge is -2.07. The molecule has 0 fully saturated rings. The molecular weight excluding hydrogens is 260 g/mol. The van der Waals surface area contributed by atoms with E-state index in [2.05, 4.69) is 20.9 Å². The fraction of sp³-hybridized carbons (Fsp3) is 0.375. The molecule has 0 spiro atoms. The zero-order valence-corrected chi connectivity index (χ0v) is 8.90. The molecule has 1 aromatic heterocycles. The molecule has 0 amide bonds. The van der Waals surface area contributed by atoms with Crippen LogP contribution >= 0.6 is 15.9 Å². The van der Waals surface area contributed by atoms with Gasteiger partial charge in [0, 0.05) is 11.5 Å². The fourth-order valence-corrected chi connectivity index (χ4v) is 1.46. The van der Waals surface area contributed by atoms with Gasteiger partial charge in [-0.05, 0) is 0 Å². The third kappa shape index (κ3) is 1.95. The molecule has 78 valence electrons. The molecule has 0 aliphatic rings. The number of nitrogens with one attached hydrogen (secondary N) is 1. The van der Waals surface area contributed by atoms with Gasteiger partial charge >= 0.3 is 0 Å². The van der Waals surface area contributed by atoms with Crippen molar-refractivity contribution in [2.24, 2.45) is 0 Å². The monoisotopic (exact) mass is 267 g/mol. The SMILES string of the molecule is COc1c(CBr)[nH]cc(C(F)F)c1=O. The van der Waals surface area contributed by atoms with Crippen molar-refractivity contribution in [2.45, 2.75) is 11.8 Å². The fourth-order valence-electron chi connectivity index (χ4n) is 1.04. The van der Waals surface area contributed by atoms with Gasteiger partial charge in [0.2, 0.25) is 5.43 Å². The Bertz CT molecular complexity index is 378. The Morgan fingerprint density at radius 2 is 2.29 bits per heavy atom. The molecule has 0 aliphatic heterocycles. The Morgan fingerprint density at radius 1 is 1.64 bits per heavy atom. The minimum absolute atomic E-state index is 0.0697. The van der Waals surface area contributed by atoms with Crippen LogP contribution in [0.5, 0.6) is 5.75 Å². The molecule has 0 bridgehead atoms. The van der Waals surface area contributed by atoms with Gasteiger partial charge in [0.05, 0.1) is 18.4 Å². The van der Waals surface area contributed by atoms with Gasteiger partial charge in [0.15, 0.2) is 5.75 Å². The first kappa shape index (κ1) is 11.2. The minimum Gasteiger partial charge on any atom is -0.491 e. The highest BCUT2D eigenvalue weighted by Gasteiger charge is 2.17. The van der Waals surface area contributed by atoms with Crippen LogP contribution in [0.3, 0.4) is 0 Å². The number of rotatable bonds is 3. The summed E-state index contributed by atoms with van der Waals surface area (Å²) < 4.78 is 29.3. The number of ether oxygens (including phenoxy) is 1. The van der Waals surface area contributed by atoms with E-state index in [9.17, 15) is 13.6 Å². The van der Waals surface area contributed by atoms with Crippen molar-refractivity contribution < 1.29 is 13.5 Å². The summed E-state index contributed by atoms with van der Waals surface area (Å²) in [5.41, 5.74) is -0.899. The van der Waals surface area contributed by atoms with Gasteiger partial charge < -0.3 is 9.72 Å². The second-order valence-corrected chi connectivity index (χ2v) is 3.08. The Morgan fingerprint density at radius 3 is 2.71 bits per heavy atom. The Balaban J connectivity index is 3.35. The van der Waals surface area contributed by atoms with Gasteiger partial charge in [-0.2, -0.15) is 0 Å². The van der Waals surface area contributed by atoms with Crippen LogP contribution in [0.15, 0.2) is 11.0 Å². The summed E-state index contributed by atoms with van der Waals surface area (Å²) in [6, 6.07) is 0. The smallest absolute Gasteiger partial charge is 0.269 e. The number of hydrogen-bond donors (Lipinski definition) is 1. The summed E-state index contributed by atoms with van der Waals surface area (Å²) in [6.45, 7) is 0. The molecule has 1 N–H and O–H groups in total. The van der Waals surface area contributed by atoms with Gasteiger partial charge in [-0.15, -0.1) is 0 Å². The topological polar surface area (TPSA) is 42.1 Å². The van der Waals surface area contributed by atoms with Crippen molar-refractivity contribution in [3.8, 4) is 5.75 Å². The molecule has 0 aliphatic carbocycles. The number of aromatic amines is 1. The highest BCUT2D eigenvalue weighted by molar-refractivity contribution is 9.08. The second kappa shape index (κ2) is 4.54. The van der Waals surface area contributed by atoms with Crippen LogP contribution in [0.25, 0.3) is 0 Å². The average molecular weight is 268 g/mol. The molecule has 6 heteroatoms. The van der Waals surface area contributed by atoms with Crippen LogP contribution in [0, 0.1) is 0 Å². The highest BCUT2D eigenvalue weighted by atomic mass is 79.9. The highest BCUT2D eigenvalue weighted by Crippen LogP contribution is 2.20. The summed E-state index contributed by atoms with van der Waals surface area (Å²) >= 11 is 3.11. The number of pyridine rings is 1. The van der Waals surface area contributed by atoms with Gasteiger partial charge in [-0.1, -0.05) is 15.9 Å². The Labute approximate surface area is 87.2 Å². The lowest BCUT2D eigenvalue weighted by atomic mass is 10.2. The number of hydrogen-bond acceptors (Lipinski definition) is 2. The van der Waals surface area contributed by atoms with E-state index in [0.29, 0.717) is 11.0 Å². The lowest BCUT2D eigenvalue weighted by Crippen LogP contribution is -2.15. The standard InChI is InChI=1S/C8H8BrF2NO2/c1-14-7-5(2-9)12-3-4(6(7)13)8(10)11/h3,8H,2H2,1H3,(H,12,13). The van der Waals surface area contributed by atoms with E-state index in [-0.39, 0.29) is 5.75 Å². The van der Waals surface area contributed by atoms with Crippen LogP contribution in [0.4, 0.5) is 8.78 Å². The van der Waals surface area contributed by atoms with Crippen molar-refractivity contribution in [3.63, 3.8) is 0 Å². The maximum Gasteiger partial charge on any atom is 0.269 e. The van der Waals surface area contributed by atoms with E-state index in [1.54, 1.807) is 0 Å². The van der Waals surface area contributed by atoms with E-state index in [1.807, 2.05) is 0 Å². The quantitative estimate of drug-likeness (QED) is 0.854. The van der Waals surface area contributed by atoms with Gasteiger partial charge in [0.25, 0.3) is 6.43 Å². The van der Waals surface area contributed by atoms with Crippen LogP contribution < -0.4 is 10.2 Å². The molecule has 0 saturated carbocycles. The molecule has 0 atom stereocenters. The van der Waals surface area contributed by atoms with Crippen LogP contribution in [-0.4, -0.2) is 12.1 Å². The number of aromatic nitrogens is 1. The van der Waals surface area contributed by atoms with Gasteiger partial charge in [0.1, 0.15) is 0 Å². The minimum atomic E-state index is -2.79. The first-order chi connectivity index (χ1) is 6.61. The van der Waals surface area contributed by atoms with E-state index in [1.165, 1.54) is 7.11 Å². The lowest BCUT2D eigenvalue weighted by molar-refractivity contribution is 0.149. The Hall–Kier alpha value is -0.910. The molecule has 1 heterocycles. The van der Waals surface area contributed by atoms with E-state index in [0.717, 1.165) is 6.20 Å². The summed E-state index contributed by atoms with van der Waals surface area (Å²) in [6.07, 6.45) is -1.79. The van der Waals surface area contributed by atoms with Crippen molar-refractivity contribution in [2.75, 3.05) is 7.11 Å². The largest absolute Gasteiger partial charge is 0.491 e. The molecular formula is C8H8BrF2NO2. The number of alkyl halides is 3. The van der Waals surface area contributed by atoms with E-state index >= 15 is 0 Å². The molecule has 1 aromatic rings. The molecule has 3 nitrogen and oxygen atoms in total. The Kier molecular flexibility index (Phi) is 3.62. The molecule has 14 heavy (non-hydrogen) atoms. The molecule has 0 unspecified atom stereocenters. The summed E-state index contributed by atoms with van der Waals surface area (Å²) in [4.78, 5) is 14.0. The molecule has 0 saturated heterocycles. The molecule has 0 radical (unpaired) electrons. The summed E-state index contributed by atoms with van der Waals surface area (Å²) in [7, 11) is 1.27. The summed E-state index contributed by atoms with van der Waals surface area (Å²) in [5, 5.41) is 0.342. The number of H-pyrrole nitrogens is 1. The summed E-state index contributed by atoms with van der Waals surface area (Å²) in [5.74, 6) is -0.0697. The first-order valence-corrected chi connectivity index (χ1v) is 4.86. The van der Waals surface area contributed by atoms with E-state index < -0.39 is 17.4 Å². The third-order valence-electron chi connectivity index (χ3n) is 1.72. The van der Waals surface area contributed by atoms with Crippen molar-refractivity contribution in [1.82, 2.24) is 4.98 Å². The van der Waals surface area contributed by atoms with Crippen LogP contribution in [0.1, 0.15) is 17.7 Å². The number of methoxy groups -OCH3 is 1. The molecule has 1 rings (SSSR count). The van der Waals surface area contributed by atoms with Gasteiger partial charge in [-0.3, -0.25) is 4.79 Å². The first-order valence-electron chi connectivity index (χ1n) is 3.74. The normalized spacial score (nSPS) is 10.6. The van der Waals surface area contributed by atoms with E-state index in [4.69, 9.17) is 4.74 Å². The third-order valence-corrected chi connectivity index (χ3v) is 2.28. The maximum absolute atomic E-state index is 12.3. The van der Waals surface area contributed by atoms with Crippen molar-refractivity contribution in [1.29, 1.82) is 0 Å². The zero-order valence-electron chi connectivity index (χ0n) is 7.31. The van der Waals surface area contributed by atoms with Crippen molar-refractivity contribution >= 4 is 15.9 Å². The van der Waals surface area contributed by atoms with Crippen LogP contribution in [-0.2, 0) is 5.33 Å². The predicted molar refractivity (Wildman–Crippen MR) is 51.2 cm³/mol. The van der Waals surface area contributed by atoms with Crippen LogP contribution in [0.2, 0.25) is 0 Å². The van der Waals surface area contributed by atoms with Crippen molar-refractivity contribution in [3.05, 3.63) is 27.7 Å². The number of halogens is 3. The maximum atomic E-state index is 12.3.